The molecule has 1 N–H and O–H groups in total. The zero-order valence-electron chi connectivity index (χ0n) is 17.4. The number of piperazine rings is 1. The number of carbonyl (C=O) groups is 1. The maximum atomic E-state index is 12.5. The number of halogens is 2. The normalized spacial score (nSPS) is 19.2. The molecule has 9 heteroatoms. The second kappa shape index (κ2) is 11.6. The van der Waals surface area contributed by atoms with Gasteiger partial charge in [0.1, 0.15) is 0 Å². The molecule has 1 aromatic heterocycles. The van der Waals surface area contributed by atoms with E-state index in [-0.39, 0.29) is 24.8 Å². The molecule has 2 aliphatic rings. The summed E-state index contributed by atoms with van der Waals surface area (Å²) in [6, 6.07) is 8.11. The number of hydrogen-bond acceptors (Lipinski definition) is 6. The van der Waals surface area contributed by atoms with Crippen LogP contribution in [0.5, 0.6) is 0 Å². The Hall–Kier alpha value is -1.67. The van der Waals surface area contributed by atoms with Gasteiger partial charge in [-0.15, -0.1) is 24.8 Å². The van der Waals surface area contributed by atoms with Gasteiger partial charge in [-0.05, 0) is 38.8 Å². The van der Waals surface area contributed by atoms with E-state index in [0.29, 0.717) is 36.5 Å². The first-order valence-electron chi connectivity index (χ1n) is 10.3. The zero-order chi connectivity index (χ0) is 19.3. The Kier molecular flexibility index (Phi) is 9.55. The van der Waals surface area contributed by atoms with Gasteiger partial charge in [-0.1, -0.05) is 35.0 Å². The van der Waals surface area contributed by atoms with Gasteiger partial charge < -0.3 is 14.7 Å². The van der Waals surface area contributed by atoms with E-state index in [2.05, 4.69) is 27.3 Å². The van der Waals surface area contributed by atoms with E-state index in [9.17, 15) is 4.79 Å². The third-order valence-electron chi connectivity index (χ3n) is 5.79. The Morgan fingerprint density at radius 3 is 2.57 bits per heavy atom. The summed E-state index contributed by atoms with van der Waals surface area (Å²) in [6.07, 6.45) is 2.89. The lowest BCUT2D eigenvalue weighted by molar-refractivity contribution is -0.133. The average Bonchev–Trinajstić information content (AvgIpc) is 3.39. The molecule has 1 aromatic carbocycles. The molecule has 0 spiro atoms. The minimum atomic E-state index is 0. The highest BCUT2D eigenvalue weighted by Gasteiger charge is 2.24. The molecule has 0 radical (unpaired) electrons. The van der Waals surface area contributed by atoms with Gasteiger partial charge in [0.05, 0.1) is 6.54 Å². The van der Waals surface area contributed by atoms with Gasteiger partial charge >= 0.3 is 0 Å². The highest BCUT2D eigenvalue weighted by Crippen LogP contribution is 2.18. The van der Waals surface area contributed by atoms with Crippen molar-refractivity contribution >= 4 is 30.7 Å². The molecule has 2 saturated heterocycles. The molecule has 1 unspecified atom stereocenters. The van der Waals surface area contributed by atoms with E-state index in [1.165, 1.54) is 12.0 Å². The van der Waals surface area contributed by atoms with Crippen molar-refractivity contribution in [3.8, 4) is 11.4 Å². The maximum absolute atomic E-state index is 12.5. The number of rotatable bonds is 6. The third-order valence-corrected chi connectivity index (χ3v) is 5.79. The van der Waals surface area contributed by atoms with Crippen LogP contribution in [0, 0.1) is 12.8 Å². The Morgan fingerprint density at radius 2 is 1.90 bits per heavy atom. The number of benzene rings is 1. The molecule has 0 aliphatic carbocycles. The Balaban J connectivity index is 0.00000160. The fourth-order valence-corrected chi connectivity index (χ4v) is 3.93. The van der Waals surface area contributed by atoms with Gasteiger partial charge in [0.15, 0.2) is 0 Å². The Labute approximate surface area is 190 Å². The predicted molar refractivity (Wildman–Crippen MR) is 121 cm³/mol. The van der Waals surface area contributed by atoms with Crippen molar-refractivity contribution < 1.29 is 9.32 Å². The summed E-state index contributed by atoms with van der Waals surface area (Å²) in [5.74, 6) is 2.23. The number of aryl methyl sites for hydroxylation is 1. The van der Waals surface area contributed by atoms with Crippen LogP contribution in [0.25, 0.3) is 11.4 Å². The van der Waals surface area contributed by atoms with Crippen molar-refractivity contribution in [2.45, 2.75) is 32.7 Å². The van der Waals surface area contributed by atoms with E-state index >= 15 is 0 Å². The van der Waals surface area contributed by atoms with E-state index in [1.54, 1.807) is 0 Å². The molecule has 1 atom stereocenters. The predicted octanol–water partition coefficient (Wildman–Crippen LogP) is 2.92. The van der Waals surface area contributed by atoms with Crippen LogP contribution >= 0.6 is 24.8 Å². The van der Waals surface area contributed by atoms with Crippen molar-refractivity contribution in [2.75, 3.05) is 39.3 Å². The summed E-state index contributed by atoms with van der Waals surface area (Å²) in [5, 5.41) is 7.47. The average molecular weight is 456 g/mol. The fraction of sp³-hybridized carbons (Fsp3) is 0.571. The molecule has 2 aromatic rings. The van der Waals surface area contributed by atoms with Crippen LogP contribution in [-0.2, 0) is 11.3 Å². The number of amides is 1. The minimum absolute atomic E-state index is 0. The molecular formula is C21H31Cl2N5O2. The van der Waals surface area contributed by atoms with E-state index < -0.39 is 0 Å². The monoisotopic (exact) mass is 455 g/mol. The van der Waals surface area contributed by atoms with Crippen LogP contribution in [0.3, 0.4) is 0 Å². The number of aromatic nitrogens is 2. The van der Waals surface area contributed by atoms with Crippen LogP contribution in [0.15, 0.2) is 28.8 Å². The smallest absolute Gasteiger partial charge is 0.241 e. The summed E-state index contributed by atoms with van der Waals surface area (Å²) in [6.45, 7) is 8.10. The number of nitrogens with zero attached hydrogens (tertiary/aromatic N) is 4. The first kappa shape index (κ1) is 24.6. The quantitative estimate of drug-likeness (QED) is 0.721. The van der Waals surface area contributed by atoms with Crippen LogP contribution < -0.4 is 5.32 Å². The van der Waals surface area contributed by atoms with Crippen LogP contribution in [0.1, 0.15) is 30.7 Å². The molecule has 30 heavy (non-hydrogen) atoms. The van der Waals surface area contributed by atoms with Gasteiger partial charge in [-0.25, -0.2) is 0 Å². The van der Waals surface area contributed by atoms with Gasteiger partial charge in [0, 0.05) is 38.2 Å². The lowest BCUT2D eigenvalue weighted by Crippen LogP contribution is -2.48. The van der Waals surface area contributed by atoms with Crippen molar-refractivity contribution in [2.24, 2.45) is 5.92 Å². The van der Waals surface area contributed by atoms with Crippen LogP contribution in [-0.4, -0.2) is 65.1 Å². The van der Waals surface area contributed by atoms with Gasteiger partial charge in [-0.3, -0.25) is 9.69 Å². The zero-order valence-corrected chi connectivity index (χ0v) is 19.0. The molecule has 0 saturated carbocycles. The molecule has 4 rings (SSSR count). The summed E-state index contributed by atoms with van der Waals surface area (Å²) >= 11 is 0. The summed E-state index contributed by atoms with van der Waals surface area (Å²) < 4.78 is 5.43. The van der Waals surface area contributed by atoms with Crippen molar-refractivity contribution in [3.05, 3.63) is 35.7 Å². The molecule has 3 heterocycles. The van der Waals surface area contributed by atoms with E-state index in [0.717, 1.165) is 51.3 Å². The van der Waals surface area contributed by atoms with Gasteiger partial charge in [0.2, 0.25) is 17.6 Å². The van der Waals surface area contributed by atoms with Crippen LogP contribution in [0.4, 0.5) is 0 Å². The number of carbonyl (C=O) groups excluding carboxylic acids is 1. The summed E-state index contributed by atoms with van der Waals surface area (Å²) in [7, 11) is 0. The third kappa shape index (κ3) is 6.41. The van der Waals surface area contributed by atoms with Gasteiger partial charge in [0.25, 0.3) is 0 Å². The lowest BCUT2D eigenvalue weighted by atomic mass is 10.0. The summed E-state index contributed by atoms with van der Waals surface area (Å²) in [5.41, 5.74) is 2.17. The number of nitrogens with one attached hydrogen (secondary N) is 1. The molecule has 7 nitrogen and oxygen atoms in total. The maximum Gasteiger partial charge on any atom is 0.241 e. The van der Waals surface area contributed by atoms with Crippen molar-refractivity contribution in [1.82, 2.24) is 25.3 Å². The van der Waals surface area contributed by atoms with Gasteiger partial charge in [-0.2, -0.15) is 4.98 Å². The molecular weight excluding hydrogens is 425 g/mol. The van der Waals surface area contributed by atoms with Crippen molar-refractivity contribution in [1.29, 1.82) is 0 Å². The number of hydrogen-bond donors (Lipinski definition) is 1. The highest BCUT2D eigenvalue weighted by atomic mass is 35.5. The topological polar surface area (TPSA) is 74.5 Å². The second-order valence-corrected chi connectivity index (χ2v) is 7.93. The fourth-order valence-electron chi connectivity index (χ4n) is 3.93. The molecule has 2 fully saturated rings. The highest BCUT2D eigenvalue weighted by molar-refractivity contribution is 5.85. The summed E-state index contributed by atoms with van der Waals surface area (Å²) in [4.78, 5) is 21.3. The Morgan fingerprint density at radius 1 is 1.17 bits per heavy atom. The van der Waals surface area contributed by atoms with E-state index in [4.69, 9.17) is 4.52 Å². The SMILES string of the molecule is Cc1ccc(-c2noc(CN3CCN(C(=O)CCC4CCNC4)CC3)n2)cc1.Cl.Cl. The van der Waals surface area contributed by atoms with Crippen molar-refractivity contribution in [3.63, 3.8) is 0 Å². The molecule has 1 amide bonds. The largest absolute Gasteiger partial charge is 0.340 e. The standard InChI is InChI=1S/C21H29N5O2.2ClH/c1-16-2-5-18(6-3-16)21-23-19(28-24-21)15-25-10-12-26(13-11-25)20(27)7-4-17-8-9-22-14-17;;/h2-3,5-6,17,22H,4,7-15H2,1H3;2*1H. The Bertz CT molecular complexity index is 785. The lowest BCUT2D eigenvalue weighted by Gasteiger charge is -2.34. The van der Waals surface area contributed by atoms with Crippen LogP contribution in [0.2, 0.25) is 0 Å². The molecule has 166 valence electrons. The molecule has 0 bridgehead atoms. The minimum Gasteiger partial charge on any atom is -0.340 e. The first-order valence-corrected chi connectivity index (χ1v) is 10.3. The second-order valence-electron chi connectivity index (χ2n) is 7.93. The first-order chi connectivity index (χ1) is 13.7. The molecule has 2 aliphatic heterocycles. The van der Waals surface area contributed by atoms with E-state index in [1.807, 2.05) is 29.2 Å².